The van der Waals surface area contributed by atoms with Gasteiger partial charge in [-0.25, -0.2) is 8.78 Å². The molecule has 1 fully saturated rings. The van der Waals surface area contributed by atoms with Crippen LogP contribution in [-0.2, 0) is 0 Å². The van der Waals surface area contributed by atoms with E-state index in [2.05, 4.69) is 26.1 Å². The van der Waals surface area contributed by atoms with E-state index >= 15 is 0 Å². The van der Waals surface area contributed by atoms with Crippen LogP contribution in [0.3, 0.4) is 0 Å². The van der Waals surface area contributed by atoms with Gasteiger partial charge in [-0.2, -0.15) is 0 Å². The normalized spacial score (nSPS) is 24.7. The highest BCUT2D eigenvalue weighted by Gasteiger charge is 2.29. The van der Waals surface area contributed by atoms with Gasteiger partial charge in [-0.15, -0.1) is 0 Å². The van der Waals surface area contributed by atoms with Gasteiger partial charge in [0.05, 0.1) is 5.69 Å². The summed E-state index contributed by atoms with van der Waals surface area (Å²) in [6, 6.07) is 4.13. The van der Waals surface area contributed by atoms with E-state index in [4.69, 9.17) is 0 Å². The molecule has 18 heavy (non-hydrogen) atoms. The molecule has 2 rings (SSSR count). The number of rotatable bonds is 2. The first-order chi connectivity index (χ1) is 8.49. The average molecular weight is 254 g/mol. The number of nitrogens with one attached hydrogen (secondary N) is 1. The van der Waals surface area contributed by atoms with Crippen LogP contribution in [0.25, 0.3) is 0 Å². The predicted octanol–water partition coefficient (Wildman–Crippen LogP) is 2.79. The molecular formula is C14H20F2N2. The van der Waals surface area contributed by atoms with E-state index in [1.165, 1.54) is 12.1 Å². The molecule has 4 heteroatoms. The molecule has 2 nitrogen and oxygen atoms in total. The van der Waals surface area contributed by atoms with Gasteiger partial charge in [0.25, 0.3) is 0 Å². The standard InChI is InChI=1S/C14H20F2N2/c1-9(2)14-7-17-10(3)8-18(14)13-6-11(15)4-5-12(13)16/h4-6,9-10,14,17H,7-8H2,1-3H3. The maximum absolute atomic E-state index is 13.9. The molecule has 0 aliphatic carbocycles. The molecule has 0 saturated carbocycles. The molecular weight excluding hydrogens is 234 g/mol. The SMILES string of the molecule is CC1CN(c2cc(F)ccc2F)C(C(C)C)CN1. The monoisotopic (exact) mass is 254 g/mol. The van der Waals surface area contributed by atoms with Crippen molar-refractivity contribution in [2.75, 3.05) is 18.0 Å². The molecule has 1 saturated heterocycles. The largest absolute Gasteiger partial charge is 0.363 e. The van der Waals surface area contributed by atoms with Crippen LogP contribution in [0.4, 0.5) is 14.5 Å². The molecule has 100 valence electrons. The van der Waals surface area contributed by atoms with E-state index in [0.717, 1.165) is 12.6 Å². The maximum Gasteiger partial charge on any atom is 0.146 e. The zero-order chi connectivity index (χ0) is 13.3. The molecule has 1 heterocycles. The van der Waals surface area contributed by atoms with E-state index in [-0.39, 0.29) is 23.7 Å². The fourth-order valence-corrected chi connectivity index (χ4v) is 2.51. The first-order valence-corrected chi connectivity index (χ1v) is 6.44. The molecule has 1 aliphatic heterocycles. The van der Waals surface area contributed by atoms with Crippen molar-refractivity contribution in [2.45, 2.75) is 32.9 Å². The minimum absolute atomic E-state index is 0.192. The molecule has 0 radical (unpaired) electrons. The topological polar surface area (TPSA) is 15.3 Å². The summed E-state index contributed by atoms with van der Waals surface area (Å²) in [5.74, 6) is -0.357. The van der Waals surface area contributed by atoms with E-state index in [9.17, 15) is 8.78 Å². The van der Waals surface area contributed by atoms with Gasteiger partial charge >= 0.3 is 0 Å². The molecule has 2 unspecified atom stereocenters. The minimum Gasteiger partial charge on any atom is -0.363 e. The van der Waals surface area contributed by atoms with Crippen molar-refractivity contribution in [3.63, 3.8) is 0 Å². The maximum atomic E-state index is 13.9. The highest BCUT2D eigenvalue weighted by Crippen LogP contribution is 2.27. The number of piperazine rings is 1. The number of benzene rings is 1. The second-order valence-corrected chi connectivity index (χ2v) is 5.37. The molecule has 1 N–H and O–H groups in total. The Morgan fingerprint density at radius 2 is 2.06 bits per heavy atom. The van der Waals surface area contributed by atoms with Gasteiger partial charge in [0.1, 0.15) is 11.6 Å². The number of halogens is 2. The summed E-state index contributed by atoms with van der Waals surface area (Å²) in [7, 11) is 0. The molecule has 0 amide bonds. The van der Waals surface area contributed by atoms with Gasteiger partial charge in [-0.3, -0.25) is 0 Å². The average Bonchev–Trinajstić information content (AvgIpc) is 2.31. The van der Waals surface area contributed by atoms with Crippen molar-refractivity contribution in [1.82, 2.24) is 5.32 Å². The molecule has 0 aromatic heterocycles. The van der Waals surface area contributed by atoms with Crippen LogP contribution < -0.4 is 10.2 Å². The Labute approximate surface area is 107 Å². The lowest BCUT2D eigenvalue weighted by molar-refractivity contribution is 0.346. The van der Waals surface area contributed by atoms with Gasteiger partial charge in [0.2, 0.25) is 0 Å². The van der Waals surface area contributed by atoms with Crippen molar-refractivity contribution in [3.05, 3.63) is 29.8 Å². The first kappa shape index (κ1) is 13.3. The number of hydrogen-bond acceptors (Lipinski definition) is 2. The lowest BCUT2D eigenvalue weighted by Gasteiger charge is -2.43. The fourth-order valence-electron chi connectivity index (χ4n) is 2.51. The van der Waals surface area contributed by atoms with Crippen LogP contribution in [-0.4, -0.2) is 25.2 Å². The summed E-state index contributed by atoms with van der Waals surface area (Å²) in [6.07, 6.45) is 0. The van der Waals surface area contributed by atoms with E-state index in [1.807, 2.05) is 4.90 Å². The van der Waals surface area contributed by atoms with E-state index in [0.29, 0.717) is 18.2 Å². The third kappa shape index (κ3) is 2.64. The van der Waals surface area contributed by atoms with Crippen molar-refractivity contribution in [3.8, 4) is 0 Å². The van der Waals surface area contributed by atoms with Crippen molar-refractivity contribution in [2.24, 2.45) is 5.92 Å². The lowest BCUT2D eigenvalue weighted by atomic mass is 9.98. The van der Waals surface area contributed by atoms with Crippen LogP contribution in [0.2, 0.25) is 0 Å². The Morgan fingerprint density at radius 1 is 1.33 bits per heavy atom. The predicted molar refractivity (Wildman–Crippen MR) is 69.8 cm³/mol. The quantitative estimate of drug-likeness (QED) is 0.873. The van der Waals surface area contributed by atoms with Gasteiger partial charge in [0.15, 0.2) is 0 Å². The second-order valence-electron chi connectivity index (χ2n) is 5.37. The van der Waals surface area contributed by atoms with Crippen LogP contribution in [0, 0.1) is 17.6 Å². The van der Waals surface area contributed by atoms with Crippen molar-refractivity contribution in [1.29, 1.82) is 0 Å². The van der Waals surface area contributed by atoms with Gasteiger partial charge < -0.3 is 10.2 Å². The molecule has 1 aromatic carbocycles. The summed E-state index contributed by atoms with van der Waals surface area (Å²) >= 11 is 0. The molecule has 1 aliphatic rings. The Morgan fingerprint density at radius 3 is 2.72 bits per heavy atom. The smallest absolute Gasteiger partial charge is 0.146 e. The lowest BCUT2D eigenvalue weighted by Crippen LogP contribution is -2.57. The first-order valence-electron chi connectivity index (χ1n) is 6.44. The van der Waals surface area contributed by atoms with Crippen molar-refractivity contribution < 1.29 is 8.78 Å². The minimum atomic E-state index is -0.389. The zero-order valence-corrected chi connectivity index (χ0v) is 11.1. The molecule has 0 bridgehead atoms. The third-order valence-corrected chi connectivity index (χ3v) is 3.53. The number of anilines is 1. The summed E-state index contributed by atoms with van der Waals surface area (Å²) in [6.45, 7) is 7.76. The molecule has 2 atom stereocenters. The molecule has 0 spiro atoms. The summed E-state index contributed by atoms with van der Waals surface area (Å²) in [4.78, 5) is 1.99. The fraction of sp³-hybridized carbons (Fsp3) is 0.571. The Bertz CT molecular complexity index is 420. The van der Waals surface area contributed by atoms with E-state index in [1.54, 1.807) is 0 Å². The van der Waals surface area contributed by atoms with Crippen molar-refractivity contribution >= 4 is 5.69 Å². The third-order valence-electron chi connectivity index (χ3n) is 3.53. The van der Waals surface area contributed by atoms with Crippen LogP contribution in [0.5, 0.6) is 0 Å². The second kappa shape index (κ2) is 5.22. The highest BCUT2D eigenvalue weighted by molar-refractivity contribution is 5.50. The Kier molecular flexibility index (Phi) is 3.85. The highest BCUT2D eigenvalue weighted by atomic mass is 19.1. The van der Waals surface area contributed by atoms with Crippen LogP contribution in [0.15, 0.2) is 18.2 Å². The van der Waals surface area contributed by atoms with Gasteiger partial charge in [-0.1, -0.05) is 13.8 Å². The zero-order valence-electron chi connectivity index (χ0n) is 11.1. The summed E-state index contributed by atoms with van der Waals surface area (Å²) in [5, 5.41) is 3.39. The number of nitrogens with zero attached hydrogens (tertiary/aromatic N) is 1. The van der Waals surface area contributed by atoms with Gasteiger partial charge in [-0.05, 0) is 25.0 Å². The van der Waals surface area contributed by atoms with Crippen LogP contribution >= 0.6 is 0 Å². The molecule has 1 aromatic rings. The van der Waals surface area contributed by atoms with E-state index < -0.39 is 0 Å². The van der Waals surface area contributed by atoms with Crippen LogP contribution in [0.1, 0.15) is 20.8 Å². The Hall–Kier alpha value is -1.16. The number of hydrogen-bond donors (Lipinski definition) is 1. The summed E-state index contributed by atoms with van der Waals surface area (Å²) < 4.78 is 27.2. The van der Waals surface area contributed by atoms with Gasteiger partial charge in [0, 0.05) is 31.2 Å². The Balaban J connectivity index is 2.34. The summed E-state index contributed by atoms with van der Waals surface area (Å²) in [5.41, 5.74) is 0.377.